The average Bonchev–Trinajstić information content (AvgIpc) is 3.12. The summed E-state index contributed by atoms with van der Waals surface area (Å²) >= 11 is 3.49. The van der Waals surface area contributed by atoms with E-state index in [2.05, 4.69) is 20.9 Å². The highest BCUT2D eigenvalue weighted by molar-refractivity contribution is 9.10. The molecule has 3 rings (SSSR count). The fourth-order valence-corrected chi connectivity index (χ4v) is 4.82. The van der Waals surface area contributed by atoms with Crippen LogP contribution in [0.3, 0.4) is 0 Å². The molecule has 8 heteroatoms. The molecule has 1 aliphatic heterocycles. The van der Waals surface area contributed by atoms with Crippen molar-refractivity contribution >= 4 is 28.0 Å². The number of fused-ring (bicyclic) bond motifs is 1. The van der Waals surface area contributed by atoms with Crippen LogP contribution in [-0.4, -0.2) is 52.4 Å². The number of nitrogens with zero attached hydrogens (tertiary/aromatic N) is 2. The van der Waals surface area contributed by atoms with Crippen molar-refractivity contribution in [2.75, 3.05) is 19.7 Å². The van der Waals surface area contributed by atoms with Crippen LogP contribution in [0.5, 0.6) is 0 Å². The van der Waals surface area contributed by atoms with Crippen molar-refractivity contribution in [3.63, 3.8) is 0 Å². The molecule has 148 valence electrons. The Kier molecular flexibility index (Phi) is 5.49. The normalized spacial score (nSPS) is 27.5. The first kappa shape index (κ1) is 20.1. The van der Waals surface area contributed by atoms with Gasteiger partial charge in [0.1, 0.15) is 22.4 Å². The molecule has 1 N–H and O–H groups in total. The highest BCUT2D eigenvalue weighted by Gasteiger charge is 2.56. The third kappa shape index (κ3) is 4.11. The minimum Gasteiger partial charge on any atom is -0.480 e. The quantitative estimate of drug-likeness (QED) is 0.721. The first-order valence-electron chi connectivity index (χ1n) is 9.07. The van der Waals surface area contributed by atoms with Gasteiger partial charge in [0.15, 0.2) is 0 Å². The van der Waals surface area contributed by atoms with Gasteiger partial charge in [0.25, 0.3) is 0 Å². The van der Waals surface area contributed by atoms with Gasteiger partial charge < -0.3 is 19.5 Å². The molecule has 1 saturated carbocycles. The maximum atomic E-state index is 12.5. The van der Waals surface area contributed by atoms with Gasteiger partial charge in [0.05, 0.1) is 0 Å². The molecule has 1 saturated heterocycles. The SMILES string of the molecule is CC(C)(C)OC(=O)N1CC2CCC(OCC(=O)O)(c3cccnc3Br)C2C1. The summed E-state index contributed by atoms with van der Waals surface area (Å²) in [6.07, 6.45) is 2.88. The van der Waals surface area contributed by atoms with Gasteiger partial charge in [-0.3, -0.25) is 0 Å². The zero-order valence-electron chi connectivity index (χ0n) is 15.8. The lowest BCUT2D eigenvalue weighted by Crippen LogP contribution is -2.41. The number of aromatic nitrogens is 1. The van der Waals surface area contributed by atoms with Crippen molar-refractivity contribution in [3.05, 3.63) is 28.5 Å². The second-order valence-corrected chi connectivity index (χ2v) is 8.96. The summed E-state index contributed by atoms with van der Waals surface area (Å²) in [7, 11) is 0. The number of aliphatic carboxylic acids is 1. The molecule has 0 radical (unpaired) electrons. The van der Waals surface area contributed by atoms with E-state index in [1.54, 1.807) is 11.1 Å². The Labute approximate surface area is 167 Å². The van der Waals surface area contributed by atoms with Gasteiger partial charge in [-0.1, -0.05) is 6.07 Å². The van der Waals surface area contributed by atoms with Gasteiger partial charge in [-0.05, 0) is 61.5 Å². The third-order valence-electron chi connectivity index (χ3n) is 5.25. The number of hydrogen-bond acceptors (Lipinski definition) is 5. The number of hydrogen-bond donors (Lipinski definition) is 1. The third-order valence-corrected chi connectivity index (χ3v) is 5.88. The van der Waals surface area contributed by atoms with Crippen molar-refractivity contribution in [1.82, 2.24) is 9.88 Å². The van der Waals surface area contributed by atoms with Crippen LogP contribution in [0, 0.1) is 11.8 Å². The average molecular weight is 441 g/mol. The fraction of sp³-hybridized carbons (Fsp3) is 0.632. The first-order valence-corrected chi connectivity index (χ1v) is 9.86. The van der Waals surface area contributed by atoms with Gasteiger partial charge >= 0.3 is 12.1 Å². The molecule has 2 heterocycles. The Morgan fingerprint density at radius 1 is 1.41 bits per heavy atom. The van der Waals surface area contributed by atoms with Crippen molar-refractivity contribution in [2.45, 2.75) is 44.8 Å². The highest BCUT2D eigenvalue weighted by Crippen LogP contribution is 2.54. The Morgan fingerprint density at radius 2 is 2.15 bits per heavy atom. The molecular weight excluding hydrogens is 416 g/mol. The summed E-state index contributed by atoms with van der Waals surface area (Å²) in [6, 6.07) is 3.73. The van der Waals surface area contributed by atoms with Crippen molar-refractivity contribution in [3.8, 4) is 0 Å². The Hall–Kier alpha value is -1.67. The monoisotopic (exact) mass is 440 g/mol. The van der Waals surface area contributed by atoms with Gasteiger partial charge in [-0.2, -0.15) is 0 Å². The van der Waals surface area contributed by atoms with E-state index in [-0.39, 0.29) is 17.9 Å². The zero-order valence-corrected chi connectivity index (χ0v) is 17.4. The number of pyridine rings is 1. The van der Waals surface area contributed by atoms with Crippen molar-refractivity contribution in [1.29, 1.82) is 0 Å². The number of amides is 1. The summed E-state index contributed by atoms with van der Waals surface area (Å²) in [4.78, 5) is 29.7. The molecule has 0 aromatic carbocycles. The smallest absolute Gasteiger partial charge is 0.410 e. The second-order valence-electron chi connectivity index (χ2n) is 8.20. The number of carbonyl (C=O) groups is 2. The molecule has 7 nitrogen and oxygen atoms in total. The second kappa shape index (κ2) is 7.39. The van der Waals surface area contributed by atoms with E-state index < -0.39 is 23.8 Å². The molecule has 0 bridgehead atoms. The number of carboxylic acids is 1. The predicted molar refractivity (Wildman–Crippen MR) is 101 cm³/mol. The molecule has 1 aliphatic carbocycles. The van der Waals surface area contributed by atoms with Crippen LogP contribution in [0.15, 0.2) is 22.9 Å². The van der Waals surface area contributed by atoms with Crippen LogP contribution in [-0.2, 0) is 19.9 Å². The predicted octanol–water partition coefficient (Wildman–Crippen LogP) is 3.42. The highest BCUT2D eigenvalue weighted by atomic mass is 79.9. The molecule has 1 amide bonds. The van der Waals surface area contributed by atoms with Gasteiger partial charge in [-0.15, -0.1) is 0 Å². The maximum Gasteiger partial charge on any atom is 0.410 e. The lowest BCUT2D eigenvalue weighted by molar-refractivity contribution is -0.154. The summed E-state index contributed by atoms with van der Waals surface area (Å²) in [5, 5.41) is 9.18. The lowest BCUT2D eigenvalue weighted by atomic mass is 9.82. The first-order chi connectivity index (χ1) is 12.6. The summed E-state index contributed by atoms with van der Waals surface area (Å²) in [5.41, 5.74) is -0.505. The number of ether oxygens (including phenoxy) is 2. The summed E-state index contributed by atoms with van der Waals surface area (Å²) in [5.74, 6) is -0.789. The molecular formula is C19H25BrN2O5. The van der Waals surface area contributed by atoms with Crippen molar-refractivity contribution < 1.29 is 24.2 Å². The minimum atomic E-state index is -1.01. The number of carboxylic acid groups (broad SMARTS) is 1. The van der Waals surface area contributed by atoms with Crippen LogP contribution in [0.4, 0.5) is 4.79 Å². The molecule has 0 spiro atoms. The Bertz CT molecular complexity index is 735. The standard InChI is InChI=1S/C19H25BrN2O5/c1-18(2,3)27-17(25)22-9-12-6-7-19(14(12)10-22,26-11-15(23)24)13-5-4-8-21-16(13)20/h4-5,8,12,14H,6-7,9-11H2,1-3H3,(H,23,24). The molecule has 1 aromatic heterocycles. The molecule has 2 fully saturated rings. The van der Waals surface area contributed by atoms with Crippen LogP contribution in [0.25, 0.3) is 0 Å². The van der Waals surface area contributed by atoms with Crippen LogP contribution in [0.1, 0.15) is 39.2 Å². The molecule has 1 aromatic rings. The van der Waals surface area contributed by atoms with E-state index in [1.165, 1.54) is 0 Å². The largest absolute Gasteiger partial charge is 0.480 e. The number of halogens is 1. The molecule has 2 aliphatic rings. The van der Waals surface area contributed by atoms with E-state index >= 15 is 0 Å². The van der Waals surface area contributed by atoms with Gasteiger partial charge in [0.2, 0.25) is 0 Å². The van der Waals surface area contributed by atoms with Crippen LogP contribution < -0.4 is 0 Å². The summed E-state index contributed by atoms with van der Waals surface area (Å²) in [6.45, 7) is 6.20. The zero-order chi connectivity index (χ0) is 19.8. The Balaban J connectivity index is 1.88. The molecule has 3 atom stereocenters. The molecule has 3 unspecified atom stereocenters. The maximum absolute atomic E-state index is 12.5. The van der Waals surface area contributed by atoms with E-state index in [9.17, 15) is 14.7 Å². The van der Waals surface area contributed by atoms with E-state index in [0.717, 1.165) is 12.0 Å². The fourth-order valence-electron chi connectivity index (χ4n) is 4.24. The van der Waals surface area contributed by atoms with E-state index in [4.69, 9.17) is 9.47 Å². The van der Waals surface area contributed by atoms with Crippen LogP contribution >= 0.6 is 15.9 Å². The van der Waals surface area contributed by atoms with Gasteiger partial charge in [-0.25, -0.2) is 14.6 Å². The van der Waals surface area contributed by atoms with E-state index in [0.29, 0.717) is 24.1 Å². The van der Waals surface area contributed by atoms with Crippen molar-refractivity contribution in [2.24, 2.45) is 11.8 Å². The number of carbonyl (C=O) groups excluding carboxylic acids is 1. The number of rotatable bonds is 4. The number of likely N-dealkylation sites (tertiary alicyclic amines) is 1. The minimum absolute atomic E-state index is 0.00938. The lowest BCUT2D eigenvalue weighted by Gasteiger charge is -2.36. The van der Waals surface area contributed by atoms with E-state index in [1.807, 2.05) is 32.9 Å². The van der Waals surface area contributed by atoms with Crippen LogP contribution in [0.2, 0.25) is 0 Å². The topological polar surface area (TPSA) is 89.0 Å². The Morgan fingerprint density at radius 3 is 2.78 bits per heavy atom. The molecule has 27 heavy (non-hydrogen) atoms. The summed E-state index contributed by atoms with van der Waals surface area (Å²) < 4.78 is 12.2. The van der Waals surface area contributed by atoms with Gasteiger partial charge in [0, 0.05) is 30.8 Å².